The third-order valence-corrected chi connectivity index (χ3v) is 2.55. The maximum absolute atomic E-state index is 4.17. The van der Waals surface area contributed by atoms with Gasteiger partial charge in [0.15, 0.2) is 0 Å². The summed E-state index contributed by atoms with van der Waals surface area (Å²) in [5.74, 6) is 0. The molecule has 1 aromatic rings. The van der Waals surface area contributed by atoms with Crippen molar-refractivity contribution in [1.29, 1.82) is 0 Å². The van der Waals surface area contributed by atoms with Crippen LogP contribution in [-0.2, 0) is 0 Å². The summed E-state index contributed by atoms with van der Waals surface area (Å²) in [5, 5.41) is 2.00. The molecule has 1 heterocycles. The molecular formula is C7H12BrN3S. The molecule has 0 bridgehead atoms. The minimum absolute atomic E-state index is 0.979. The molecule has 1 rings (SSSR count). The van der Waals surface area contributed by atoms with E-state index in [2.05, 4.69) is 37.1 Å². The van der Waals surface area contributed by atoms with Gasteiger partial charge in [-0.2, -0.15) is 4.37 Å². The number of halogens is 1. The first-order chi connectivity index (χ1) is 5.88. The van der Waals surface area contributed by atoms with E-state index < -0.39 is 0 Å². The molecule has 0 spiro atoms. The van der Waals surface area contributed by atoms with Crippen molar-refractivity contribution in [2.75, 3.05) is 23.3 Å². The maximum atomic E-state index is 4.17. The van der Waals surface area contributed by atoms with E-state index in [0.717, 1.165) is 30.0 Å². The lowest BCUT2D eigenvalue weighted by Gasteiger charge is -2.18. The summed E-state index contributed by atoms with van der Waals surface area (Å²) in [5.41, 5.74) is 0. The molecule has 0 amide bonds. The van der Waals surface area contributed by atoms with Crippen molar-refractivity contribution >= 4 is 32.6 Å². The van der Waals surface area contributed by atoms with Crippen molar-refractivity contribution in [2.45, 2.75) is 13.3 Å². The second kappa shape index (κ2) is 5.48. The van der Waals surface area contributed by atoms with Gasteiger partial charge >= 0.3 is 0 Å². The van der Waals surface area contributed by atoms with Crippen LogP contribution < -0.4 is 4.90 Å². The Bertz CT molecular complexity index is 196. The Morgan fingerprint density at radius 2 is 2.42 bits per heavy atom. The Kier molecular flexibility index (Phi) is 4.53. The van der Waals surface area contributed by atoms with Gasteiger partial charge in [0.25, 0.3) is 0 Å². The predicted octanol–water partition coefficient (Wildman–Crippen LogP) is 2.15. The number of hydrogen-bond acceptors (Lipinski definition) is 4. The highest BCUT2D eigenvalue weighted by atomic mass is 79.9. The van der Waals surface area contributed by atoms with Crippen LogP contribution in [-0.4, -0.2) is 27.8 Å². The summed E-state index contributed by atoms with van der Waals surface area (Å²) in [7, 11) is 0. The van der Waals surface area contributed by atoms with Gasteiger partial charge in [-0.1, -0.05) is 22.9 Å². The molecule has 5 heteroatoms. The molecule has 1 aromatic heterocycles. The average Bonchev–Trinajstić information content (AvgIpc) is 2.56. The summed E-state index contributed by atoms with van der Waals surface area (Å²) in [6.45, 7) is 4.23. The number of nitrogens with zero attached hydrogens (tertiary/aromatic N) is 3. The molecule has 0 aliphatic rings. The standard InChI is InChI=1S/C7H12BrN3S/c1-2-4-11(5-3-8)7-9-6-10-12-7/h6H,2-5H2,1H3. The molecule has 0 fully saturated rings. The molecule has 68 valence electrons. The first kappa shape index (κ1) is 9.92. The van der Waals surface area contributed by atoms with Crippen molar-refractivity contribution in [3.05, 3.63) is 6.33 Å². The van der Waals surface area contributed by atoms with Crippen molar-refractivity contribution in [1.82, 2.24) is 9.36 Å². The molecule has 0 saturated heterocycles. The zero-order valence-electron chi connectivity index (χ0n) is 7.03. The van der Waals surface area contributed by atoms with Crippen molar-refractivity contribution in [3.8, 4) is 0 Å². The van der Waals surface area contributed by atoms with Crippen LogP contribution in [0.5, 0.6) is 0 Å². The Balaban J connectivity index is 2.53. The van der Waals surface area contributed by atoms with Gasteiger partial charge in [-0.3, -0.25) is 0 Å². The highest BCUT2D eigenvalue weighted by molar-refractivity contribution is 9.09. The zero-order valence-corrected chi connectivity index (χ0v) is 9.44. The predicted molar refractivity (Wildman–Crippen MR) is 56.2 cm³/mol. The molecule has 0 radical (unpaired) electrons. The van der Waals surface area contributed by atoms with Crippen LogP contribution in [0.25, 0.3) is 0 Å². The number of rotatable bonds is 5. The fourth-order valence-corrected chi connectivity index (χ4v) is 1.99. The highest BCUT2D eigenvalue weighted by Gasteiger charge is 2.06. The number of aromatic nitrogens is 2. The summed E-state index contributed by atoms with van der Waals surface area (Å²) in [6, 6.07) is 0. The van der Waals surface area contributed by atoms with E-state index in [1.54, 1.807) is 6.33 Å². The fraction of sp³-hybridized carbons (Fsp3) is 0.714. The Morgan fingerprint density at radius 1 is 1.58 bits per heavy atom. The van der Waals surface area contributed by atoms with E-state index in [-0.39, 0.29) is 0 Å². The summed E-state index contributed by atoms with van der Waals surface area (Å²) < 4.78 is 3.98. The van der Waals surface area contributed by atoms with Gasteiger partial charge in [-0.15, -0.1) is 0 Å². The summed E-state index contributed by atoms with van der Waals surface area (Å²) in [6.07, 6.45) is 2.75. The summed E-state index contributed by atoms with van der Waals surface area (Å²) >= 11 is 4.88. The smallest absolute Gasteiger partial charge is 0.204 e. The third kappa shape index (κ3) is 2.71. The summed E-state index contributed by atoms with van der Waals surface area (Å²) in [4.78, 5) is 6.41. The highest BCUT2D eigenvalue weighted by Crippen LogP contribution is 2.14. The van der Waals surface area contributed by atoms with Crippen LogP contribution in [0.15, 0.2) is 6.33 Å². The lowest BCUT2D eigenvalue weighted by Crippen LogP contribution is -2.25. The van der Waals surface area contributed by atoms with Gasteiger partial charge in [0, 0.05) is 30.0 Å². The SMILES string of the molecule is CCCN(CCBr)c1ncns1. The second-order valence-electron chi connectivity index (χ2n) is 2.40. The van der Waals surface area contributed by atoms with Crippen molar-refractivity contribution < 1.29 is 0 Å². The molecule has 12 heavy (non-hydrogen) atoms. The van der Waals surface area contributed by atoms with Gasteiger partial charge in [0.05, 0.1) is 0 Å². The lowest BCUT2D eigenvalue weighted by molar-refractivity contribution is 0.793. The minimum atomic E-state index is 0.979. The molecule has 0 atom stereocenters. The van der Waals surface area contributed by atoms with E-state index in [0.29, 0.717) is 0 Å². The van der Waals surface area contributed by atoms with Crippen LogP contribution >= 0.6 is 27.5 Å². The van der Waals surface area contributed by atoms with E-state index in [4.69, 9.17) is 0 Å². The van der Waals surface area contributed by atoms with Crippen LogP contribution in [0.4, 0.5) is 5.13 Å². The number of alkyl halides is 1. The molecule has 0 aliphatic carbocycles. The average molecular weight is 250 g/mol. The zero-order chi connectivity index (χ0) is 8.81. The van der Waals surface area contributed by atoms with Crippen molar-refractivity contribution in [3.63, 3.8) is 0 Å². The second-order valence-corrected chi connectivity index (χ2v) is 3.95. The first-order valence-electron chi connectivity index (χ1n) is 3.96. The van der Waals surface area contributed by atoms with Gasteiger partial charge < -0.3 is 4.90 Å². The van der Waals surface area contributed by atoms with Gasteiger partial charge in [0.2, 0.25) is 5.13 Å². The molecular weight excluding hydrogens is 238 g/mol. The fourth-order valence-electron chi connectivity index (χ4n) is 0.982. The Morgan fingerprint density at radius 3 is 2.92 bits per heavy atom. The largest absolute Gasteiger partial charge is 0.346 e. The number of anilines is 1. The van der Waals surface area contributed by atoms with E-state index in [9.17, 15) is 0 Å². The molecule has 0 saturated carbocycles. The molecule has 0 aliphatic heterocycles. The molecule has 3 nitrogen and oxygen atoms in total. The topological polar surface area (TPSA) is 29.0 Å². The monoisotopic (exact) mass is 249 g/mol. The molecule has 0 aromatic carbocycles. The van der Waals surface area contributed by atoms with Crippen LogP contribution in [0.1, 0.15) is 13.3 Å². The normalized spacial score (nSPS) is 10.2. The minimum Gasteiger partial charge on any atom is -0.346 e. The quantitative estimate of drug-likeness (QED) is 0.750. The van der Waals surface area contributed by atoms with E-state index in [1.807, 2.05) is 0 Å². The molecule has 0 unspecified atom stereocenters. The Hall–Kier alpha value is -0.160. The van der Waals surface area contributed by atoms with E-state index in [1.165, 1.54) is 11.5 Å². The number of hydrogen-bond donors (Lipinski definition) is 0. The third-order valence-electron chi connectivity index (χ3n) is 1.47. The van der Waals surface area contributed by atoms with Crippen LogP contribution in [0, 0.1) is 0 Å². The first-order valence-corrected chi connectivity index (χ1v) is 5.85. The van der Waals surface area contributed by atoms with Crippen molar-refractivity contribution in [2.24, 2.45) is 0 Å². The van der Waals surface area contributed by atoms with Gasteiger partial charge in [-0.05, 0) is 6.42 Å². The van der Waals surface area contributed by atoms with Crippen LogP contribution in [0.3, 0.4) is 0 Å². The maximum Gasteiger partial charge on any atom is 0.204 e. The van der Waals surface area contributed by atoms with Gasteiger partial charge in [-0.25, -0.2) is 4.98 Å². The van der Waals surface area contributed by atoms with Gasteiger partial charge in [0.1, 0.15) is 6.33 Å². The lowest BCUT2D eigenvalue weighted by atomic mass is 10.4. The van der Waals surface area contributed by atoms with E-state index >= 15 is 0 Å². The Labute approximate surface area is 85.1 Å². The molecule has 0 N–H and O–H groups in total. The van der Waals surface area contributed by atoms with Crippen LogP contribution in [0.2, 0.25) is 0 Å².